The van der Waals surface area contributed by atoms with E-state index in [9.17, 15) is 14.4 Å². The molecule has 0 unspecified atom stereocenters. The van der Waals surface area contributed by atoms with E-state index in [0.29, 0.717) is 22.9 Å². The summed E-state index contributed by atoms with van der Waals surface area (Å²) in [4.78, 5) is 44.2. The summed E-state index contributed by atoms with van der Waals surface area (Å²) in [6.07, 6.45) is 2.04. The SMILES string of the molecule is COc1ccc(C(=O)NNC(=O)COC(=O)c2cc3ccccc3nc2N2CCCC2)cc1OC. The summed E-state index contributed by atoms with van der Waals surface area (Å²) in [7, 11) is 2.94. The highest BCUT2D eigenvalue weighted by Gasteiger charge is 2.23. The number of rotatable bonds is 7. The molecule has 0 saturated carbocycles. The van der Waals surface area contributed by atoms with Gasteiger partial charge in [-0.3, -0.25) is 20.4 Å². The molecule has 0 atom stereocenters. The third-order valence-corrected chi connectivity index (χ3v) is 5.62. The first-order valence-corrected chi connectivity index (χ1v) is 11.1. The number of para-hydroxylation sites is 1. The minimum atomic E-state index is -0.691. The fraction of sp³-hybridized carbons (Fsp3) is 0.280. The quantitative estimate of drug-likeness (QED) is 0.393. The molecule has 1 aliphatic rings. The maximum absolute atomic E-state index is 12.9. The highest BCUT2D eigenvalue weighted by Crippen LogP contribution is 2.28. The Morgan fingerprint density at radius 2 is 1.69 bits per heavy atom. The zero-order valence-corrected chi connectivity index (χ0v) is 19.5. The van der Waals surface area contributed by atoms with Crippen molar-refractivity contribution in [3.8, 4) is 11.5 Å². The van der Waals surface area contributed by atoms with E-state index in [1.54, 1.807) is 12.1 Å². The number of hydrogen-bond acceptors (Lipinski definition) is 8. The van der Waals surface area contributed by atoms with Gasteiger partial charge in [-0.15, -0.1) is 0 Å². The van der Waals surface area contributed by atoms with E-state index in [0.717, 1.165) is 36.8 Å². The number of hydrazine groups is 1. The number of hydrogen-bond donors (Lipinski definition) is 2. The molecule has 1 saturated heterocycles. The van der Waals surface area contributed by atoms with E-state index in [1.807, 2.05) is 29.2 Å². The van der Waals surface area contributed by atoms with Crippen LogP contribution in [0.25, 0.3) is 10.9 Å². The molecule has 0 bridgehead atoms. The Bertz CT molecular complexity index is 1260. The summed E-state index contributed by atoms with van der Waals surface area (Å²) < 4.78 is 15.6. The Balaban J connectivity index is 1.38. The van der Waals surface area contributed by atoms with E-state index in [-0.39, 0.29) is 5.56 Å². The second-order valence-corrected chi connectivity index (χ2v) is 7.89. The standard InChI is InChI=1S/C25H26N4O6/c1-33-20-10-9-17(14-21(20)34-2)24(31)28-27-22(30)15-35-25(32)18-13-16-7-3-4-8-19(16)26-23(18)29-11-5-6-12-29/h3-4,7-10,13-14H,5-6,11-12,15H2,1-2H3,(H,27,30)(H,28,31). The number of nitrogens with one attached hydrogen (secondary N) is 2. The van der Waals surface area contributed by atoms with Gasteiger partial charge in [-0.1, -0.05) is 18.2 Å². The first kappa shape index (κ1) is 23.8. The fourth-order valence-electron chi connectivity index (χ4n) is 3.85. The lowest BCUT2D eigenvalue weighted by Gasteiger charge is -2.20. The Morgan fingerprint density at radius 1 is 0.943 bits per heavy atom. The number of aromatic nitrogens is 1. The van der Waals surface area contributed by atoms with Crippen molar-refractivity contribution in [2.24, 2.45) is 0 Å². The Hall–Kier alpha value is -4.34. The van der Waals surface area contributed by atoms with Gasteiger partial charge >= 0.3 is 5.97 Å². The molecule has 0 spiro atoms. The second kappa shape index (κ2) is 10.7. The van der Waals surface area contributed by atoms with E-state index < -0.39 is 24.4 Å². The normalized spacial score (nSPS) is 12.8. The van der Waals surface area contributed by atoms with Gasteiger partial charge in [0, 0.05) is 24.0 Å². The number of nitrogens with zero attached hydrogens (tertiary/aromatic N) is 2. The van der Waals surface area contributed by atoms with E-state index in [2.05, 4.69) is 15.8 Å². The summed E-state index contributed by atoms with van der Waals surface area (Å²) in [6.45, 7) is 1.03. The number of anilines is 1. The van der Waals surface area contributed by atoms with Gasteiger partial charge in [0.2, 0.25) is 0 Å². The predicted molar refractivity (Wildman–Crippen MR) is 129 cm³/mol. The Kier molecular flexibility index (Phi) is 7.30. The predicted octanol–water partition coefficient (Wildman–Crippen LogP) is 2.47. The summed E-state index contributed by atoms with van der Waals surface area (Å²) in [5.41, 5.74) is 5.85. The molecule has 3 aromatic rings. The number of amides is 2. The van der Waals surface area contributed by atoms with Crippen LogP contribution in [0, 0.1) is 0 Å². The molecule has 2 N–H and O–H groups in total. The number of pyridine rings is 1. The molecule has 2 amide bonds. The van der Waals surface area contributed by atoms with Gasteiger partial charge < -0.3 is 19.1 Å². The molecule has 1 fully saturated rings. The number of esters is 1. The van der Waals surface area contributed by atoms with Crippen molar-refractivity contribution < 1.29 is 28.6 Å². The van der Waals surface area contributed by atoms with Gasteiger partial charge in [-0.25, -0.2) is 9.78 Å². The van der Waals surface area contributed by atoms with Crippen molar-refractivity contribution in [1.82, 2.24) is 15.8 Å². The van der Waals surface area contributed by atoms with Crippen LogP contribution >= 0.6 is 0 Å². The van der Waals surface area contributed by atoms with E-state index in [1.165, 1.54) is 26.4 Å². The molecule has 0 radical (unpaired) electrons. The van der Waals surface area contributed by atoms with Crippen molar-refractivity contribution in [1.29, 1.82) is 0 Å². The molecule has 4 rings (SSSR count). The van der Waals surface area contributed by atoms with Crippen LogP contribution in [-0.4, -0.2) is 56.7 Å². The second-order valence-electron chi connectivity index (χ2n) is 7.89. The minimum absolute atomic E-state index is 0.248. The van der Waals surface area contributed by atoms with E-state index >= 15 is 0 Å². The molecule has 10 heteroatoms. The van der Waals surface area contributed by atoms with Crippen molar-refractivity contribution in [2.45, 2.75) is 12.8 Å². The van der Waals surface area contributed by atoms with Crippen molar-refractivity contribution in [3.05, 3.63) is 59.7 Å². The van der Waals surface area contributed by atoms with Crippen LogP contribution in [0.3, 0.4) is 0 Å². The lowest BCUT2D eigenvalue weighted by molar-refractivity contribution is -0.125. The number of ether oxygens (including phenoxy) is 3. The average molecular weight is 479 g/mol. The van der Waals surface area contributed by atoms with E-state index in [4.69, 9.17) is 14.2 Å². The van der Waals surface area contributed by atoms with Crippen LogP contribution in [0.2, 0.25) is 0 Å². The topological polar surface area (TPSA) is 119 Å². The van der Waals surface area contributed by atoms with Crippen molar-refractivity contribution >= 4 is 34.5 Å². The lowest BCUT2D eigenvalue weighted by atomic mass is 10.1. The number of benzene rings is 2. The van der Waals surface area contributed by atoms with Gasteiger partial charge in [0.25, 0.3) is 11.8 Å². The van der Waals surface area contributed by atoms with Gasteiger partial charge in [-0.05, 0) is 43.2 Å². The Labute approximate surface area is 202 Å². The number of methoxy groups -OCH3 is 2. The first-order valence-electron chi connectivity index (χ1n) is 11.1. The molecule has 2 aromatic carbocycles. The van der Waals surface area contributed by atoms with Gasteiger partial charge in [0.05, 0.1) is 19.7 Å². The molecule has 10 nitrogen and oxygen atoms in total. The van der Waals surface area contributed by atoms with Crippen LogP contribution < -0.4 is 25.2 Å². The highest BCUT2D eigenvalue weighted by molar-refractivity contribution is 6.00. The molecule has 1 aromatic heterocycles. The van der Waals surface area contributed by atoms with Crippen LogP contribution in [-0.2, 0) is 9.53 Å². The summed E-state index contributed by atoms with van der Waals surface area (Å²) in [5.74, 6) is -0.529. The van der Waals surface area contributed by atoms with Crippen molar-refractivity contribution in [2.75, 3.05) is 38.8 Å². The number of fused-ring (bicyclic) bond motifs is 1. The monoisotopic (exact) mass is 478 g/mol. The summed E-state index contributed by atoms with van der Waals surface area (Å²) >= 11 is 0. The van der Waals surface area contributed by atoms with Gasteiger partial charge in [-0.2, -0.15) is 0 Å². The smallest absolute Gasteiger partial charge is 0.342 e. The third kappa shape index (κ3) is 5.43. The molecule has 1 aliphatic heterocycles. The molecular formula is C25H26N4O6. The van der Waals surface area contributed by atoms with Crippen LogP contribution in [0.15, 0.2) is 48.5 Å². The van der Waals surface area contributed by atoms with Crippen LogP contribution in [0.4, 0.5) is 5.82 Å². The maximum atomic E-state index is 12.9. The van der Waals surface area contributed by atoms with Crippen LogP contribution in [0.1, 0.15) is 33.6 Å². The zero-order valence-electron chi connectivity index (χ0n) is 19.5. The summed E-state index contributed by atoms with van der Waals surface area (Å²) in [6, 6.07) is 13.8. The highest BCUT2D eigenvalue weighted by atomic mass is 16.5. The average Bonchev–Trinajstić information content (AvgIpc) is 3.44. The van der Waals surface area contributed by atoms with Gasteiger partial charge in [0.1, 0.15) is 11.4 Å². The fourth-order valence-corrected chi connectivity index (χ4v) is 3.85. The zero-order chi connectivity index (χ0) is 24.8. The summed E-state index contributed by atoms with van der Waals surface area (Å²) in [5, 5.41) is 0.800. The molecular weight excluding hydrogens is 452 g/mol. The lowest BCUT2D eigenvalue weighted by Crippen LogP contribution is -2.43. The first-order chi connectivity index (χ1) is 17.0. The molecule has 0 aliphatic carbocycles. The molecule has 35 heavy (non-hydrogen) atoms. The molecule has 182 valence electrons. The minimum Gasteiger partial charge on any atom is -0.493 e. The van der Waals surface area contributed by atoms with Crippen molar-refractivity contribution in [3.63, 3.8) is 0 Å². The van der Waals surface area contributed by atoms with Gasteiger partial charge in [0.15, 0.2) is 18.1 Å². The number of carbonyl (C=O) groups excluding carboxylic acids is 3. The van der Waals surface area contributed by atoms with Crippen LogP contribution in [0.5, 0.6) is 11.5 Å². The Morgan fingerprint density at radius 3 is 2.43 bits per heavy atom. The maximum Gasteiger partial charge on any atom is 0.342 e. The number of carbonyl (C=O) groups is 3. The largest absolute Gasteiger partial charge is 0.493 e. The third-order valence-electron chi connectivity index (χ3n) is 5.62. The molecule has 2 heterocycles.